The van der Waals surface area contributed by atoms with E-state index < -0.39 is 0 Å². The van der Waals surface area contributed by atoms with Gasteiger partial charge in [0.05, 0.1) is 0 Å². The molecule has 1 nitrogen and oxygen atoms in total. The summed E-state index contributed by atoms with van der Waals surface area (Å²) in [6.07, 6.45) is 3.74. The minimum atomic E-state index is -0.141. The molecule has 1 aromatic heterocycles. The van der Waals surface area contributed by atoms with Gasteiger partial charge < -0.3 is 4.98 Å². The number of aromatic amines is 1. The second kappa shape index (κ2) is 4.05. The molecular weight excluding hydrogens is 197 g/mol. The molecule has 0 saturated carbocycles. The Morgan fingerprint density at radius 3 is 3.00 bits per heavy atom. The van der Waals surface area contributed by atoms with Crippen LogP contribution in [0.1, 0.15) is 12.0 Å². The molecule has 0 saturated heterocycles. The van der Waals surface area contributed by atoms with Crippen LogP contribution in [0.3, 0.4) is 0 Å². The molecule has 0 spiro atoms. The molecule has 74 valence electrons. The Balaban J connectivity index is 2.45. The number of fused-ring (bicyclic) bond motifs is 1. The summed E-state index contributed by atoms with van der Waals surface area (Å²) in [7, 11) is 0. The van der Waals surface area contributed by atoms with Crippen molar-refractivity contribution in [1.82, 2.24) is 4.98 Å². The minimum Gasteiger partial charge on any atom is -0.361 e. The van der Waals surface area contributed by atoms with Crippen molar-refractivity contribution in [3.05, 3.63) is 35.8 Å². The van der Waals surface area contributed by atoms with Crippen molar-refractivity contribution in [2.75, 3.05) is 5.75 Å². The molecule has 0 fully saturated rings. The molecular formula is C11H12FNS. The lowest BCUT2D eigenvalue weighted by Crippen LogP contribution is -1.86. The molecule has 14 heavy (non-hydrogen) atoms. The van der Waals surface area contributed by atoms with Crippen LogP contribution in [0.2, 0.25) is 0 Å². The molecule has 0 amide bonds. The maximum atomic E-state index is 13.5. The maximum Gasteiger partial charge on any atom is 0.132 e. The van der Waals surface area contributed by atoms with E-state index in [4.69, 9.17) is 0 Å². The van der Waals surface area contributed by atoms with E-state index in [1.165, 1.54) is 6.07 Å². The fraction of sp³-hybridized carbons (Fsp3) is 0.273. The zero-order valence-corrected chi connectivity index (χ0v) is 8.65. The number of hydrogen-bond acceptors (Lipinski definition) is 1. The van der Waals surface area contributed by atoms with Gasteiger partial charge in [0.2, 0.25) is 0 Å². The number of rotatable bonds is 3. The smallest absolute Gasteiger partial charge is 0.132 e. The summed E-state index contributed by atoms with van der Waals surface area (Å²) in [5.41, 5.74) is 1.92. The van der Waals surface area contributed by atoms with Crippen LogP contribution in [0.4, 0.5) is 4.39 Å². The van der Waals surface area contributed by atoms with E-state index in [0.717, 1.165) is 35.1 Å². The molecule has 0 aliphatic carbocycles. The summed E-state index contributed by atoms with van der Waals surface area (Å²) in [5.74, 6) is 0.694. The highest BCUT2D eigenvalue weighted by atomic mass is 32.1. The Hall–Kier alpha value is -0.960. The molecule has 1 heterocycles. The van der Waals surface area contributed by atoms with Gasteiger partial charge in [-0.3, -0.25) is 0 Å². The monoisotopic (exact) mass is 209 g/mol. The molecule has 0 radical (unpaired) electrons. The Morgan fingerprint density at radius 2 is 2.21 bits per heavy atom. The van der Waals surface area contributed by atoms with Gasteiger partial charge in [-0.2, -0.15) is 12.6 Å². The lowest BCUT2D eigenvalue weighted by atomic mass is 10.1. The van der Waals surface area contributed by atoms with Crippen molar-refractivity contribution in [2.24, 2.45) is 0 Å². The van der Waals surface area contributed by atoms with Crippen LogP contribution >= 0.6 is 12.6 Å². The summed E-state index contributed by atoms with van der Waals surface area (Å²) in [4.78, 5) is 3.07. The zero-order chi connectivity index (χ0) is 9.97. The summed E-state index contributed by atoms with van der Waals surface area (Å²) in [6.45, 7) is 0. The summed E-state index contributed by atoms with van der Waals surface area (Å²) >= 11 is 4.15. The summed E-state index contributed by atoms with van der Waals surface area (Å²) < 4.78 is 13.5. The highest BCUT2D eigenvalue weighted by molar-refractivity contribution is 7.80. The van der Waals surface area contributed by atoms with Crippen LogP contribution in [0.5, 0.6) is 0 Å². The number of H-pyrrole nitrogens is 1. The van der Waals surface area contributed by atoms with E-state index in [0.29, 0.717) is 0 Å². The Bertz CT molecular complexity index is 436. The van der Waals surface area contributed by atoms with Crippen molar-refractivity contribution in [2.45, 2.75) is 12.8 Å². The molecule has 2 rings (SSSR count). The molecule has 3 heteroatoms. The van der Waals surface area contributed by atoms with Gasteiger partial charge in [0.1, 0.15) is 5.82 Å². The molecule has 0 unspecified atom stereocenters. The number of nitrogens with one attached hydrogen (secondary N) is 1. The highest BCUT2D eigenvalue weighted by Gasteiger charge is 2.07. The molecule has 1 N–H and O–H groups in total. The normalized spacial score (nSPS) is 11.0. The van der Waals surface area contributed by atoms with Crippen LogP contribution in [0.25, 0.3) is 10.9 Å². The van der Waals surface area contributed by atoms with Crippen LogP contribution in [0.15, 0.2) is 24.4 Å². The van der Waals surface area contributed by atoms with Gasteiger partial charge in [-0.1, -0.05) is 6.07 Å². The van der Waals surface area contributed by atoms with Crippen molar-refractivity contribution in [3.63, 3.8) is 0 Å². The van der Waals surface area contributed by atoms with Gasteiger partial charge >= 0.3 is 0 Å². The average molecular weight is 209 g/mol. The summed E-state index contributed by atoms with van der Waals surface area (Å²) in [6, 6.07) is 5.11. The predicted molar refractivity (Wildman–Crippen MR) is 60.4 cm³/mol. The molecule has 0 atom stereocenters. The third-order valence-corrected chi connectivity index (χ3v) is 2.66. The maximum absolute atomic E-state index is 13.5. The minimum absolute atomic E-state index is 0.141. The van der Waals surface area contributed by atoms with E-state index in [1.54, 1.807) is 6.07 Å². The number of hydrogen-bond donors (Lipinski definition) is 2. The highest BCUT2D eigenvalue weighted by Crippen LogP contribution is 2.22. The van der Waals surface area contributed by atoms with Gasteiger partial charge in [-0.05, 0) is 36.3 Å². The average Bonchev–Trinajstić information content (AvgIpc) is 2.59. The number of thiol groups is 1. The van der Waals surface area contributed by atoms with Crippen LogP contribution in [-0.4, -0.2) is 10.7 Å². The zero-order valence-electron chi connectivity index (χ0n) is 7.76. The number of aryl methyl sites for hydroxylation is 1. The van der Waals surface area contributed by atoms with Gasteiger partial charge in [-0.25, -0.2) is 4.39 Å². The van der Waals surface area contributed by atoms with Crippen molar-refractivity contribution in [1.29, 1.82) is 0 Å². The first kappa shape index (κ1) is 9.59. The van der Waals surface area contributed by atoms with Crippen molar-refractivity contribution < 1.29 is 4.39 Å². The Kier molecular flexibility index (Phi) is 2.77. The first-order valence-corrected chi connectivity index (χ1v) is 5.31. The fourth-order valence-corrected chi connectivity index (χ4v) is 1.83. The SMILES string of the molecule is Fc1cccc2[nH]cc(CCCS)c12. The van der Waals surface area contributed by atoms with E-state index in [2.05, 4.69) is 17.6 Å². The molecule has 0 aliphatic rings. The predicted octanol–water partition coefficient (Wildman–Crippen LogP) is 3.17. The summed E-state index contributed by atoms with van der Waals surface area (Å²) in [5, 5.41) is 0.731. The third-order valence-electron chi connectivity index (χ3n) is 2.34. The van der Waals surface area contributed by atoms with E-state index in [1.807, 2.05) is 12.3 Å². The van der Waals surface area contributed by atoms with Crippen LogP contribution < -0.4 is 0 Å². The Morgan fingerprint density at radius 1 is 1.36 bits per heavy atom. The second-order valence-corrected chi connectivity index (χ2v) is 3.75. The molecule has 0 bridgehead atoms. The molecule has 0 aliphatic heterocycles. The first-order valence-electron chi connectivity index (χ1n) is 4.68. The molecule has 1 aromatic carbocycles. The second-order valence-electron chi connectivity index (χ2n) is 3.30. The van der Waals surface area contributed by atoms with Crippen molar-refractivity contribution in [3.8, 4) is 0 Å². The van der Waals surface area contributed by atoms with Crippen molar-refractivity contribution >= 4 is 23.5 Å². The van der Waals surface area contributed by atoms with Gasteiger partial charge in [0.15, 0.2) is 0 Å². The van der Waals surface area contributed by atoms with Gasteiger partial charge in [0.25, 0.3) is 0 Å². The lowest BCUT2D eigenvalue weighted by molar-refractivity contribution is 0.639. The fourth-order valence-electron chi connectivity index (χ4n) is 1.67. The van der Waals surface area contributed by atoms with Crippen LogP contribution in [0, 0.1) is 5.82 Å². The number of aromatic nitrogens is 1. The Labute approximate surface area is 87.7 Å². The van der Waals surface area contributed by atoms with E-state index in [9.17, 15) is 4.39 Å². The first-order chi connectivity index (χ1) is 6.83. The van der Waals surface area contributed by atoms with E-state index in [-0.39, 0.29) is 5.82 Å². The standard InChI is InChI=1S/C11H12FNS/c12-9-4-1-5-10-11(9)8(7-13-10)3-2-6-14/h1,4-5,7,13-14H,2-3,6H2. The van der Waals surface area contributed by atoms with Gasteiger partial charge in [0, 0.05) is 17.1 Å². The van der Waals surface area contributed by atoms with Crippen LogP contribution in [-0.2, 0) is 6.42 Å². The largest absolute Gasteiger partial charge is 0.361 e. The van der Waals surface area contributed by atoms with Gasteiger partial charge in [-0.15, -0.1) is 0 Å². The number of halogens is 1. The van der Waals surface area contributed by atoms with E-state index >= 15 is 0 Å². The third kappa shape index (κ3) is 1.64. The molecule has 2 aromatic rings. The number of benzene rings is 1. The lowest BCUT2D eigenvalue weighted by Gasteiger charge is -1.97. The topological polar surface area (TPSA) is 15.8 Å². The quantitative estimate of drug-likeness (QED) is 0.722.